The highest BCUT2D eigenvalue weighted by atomic mass is 32.1. The minimum Gasteiger partial charge on any atom is -0.338 e. The largest absolute Gasteiger partial charge is 0.338 e. The molecule has 2 amide bonds. The van der Waals surface area contributed by atoms with E-state index in [4.69, 9.17) is 0 Å². The molecule has 0 spiro atoms. The first-order chi connectivity index (χ1) is 15.1. The number of hydrogen-bond acceptors (Lipinski definition) is 4. The molecule has 0 saturated carbocycles. The highest BCUT2D eigenvalue weighted by molar-refractivity contribution is 7.17. The average Bonchev–Trinajstić information content (AvgIpc) is 3.48. The first-order valence-electron chi connectivity index (χ1n) is 11.6. The minimum atomic E-state index is 0.140. The van der Waals surface area contributed by atoms with Crippen molar-refractivity contribution in [2.24, 2.45) is 0 Å². The van der Waals surface area contributed by atoms with Gasteiger partial charge >= 0.3 is 0 Å². The smallest absolute Gasteiger partial charge is 0.263 e. The van der Waals surface area contributed by atoms with E-state index in [1.165, 1.54) is 24.2 Å². The van der Waals surface area contributed by atoms with Crippen molar-refractivity contribution in [1.29, 1.82) is 0 Å². The molecule has 0 radical (unpaired) electrons. The Balaban J connectivity index is 1.25. The maximum atomic E-state index is 13.2. The first-order valence-corrected chi connectivity index (χ1v) is 12.5. The lowest BCUT2D eigenvalue weighted by Crippen LogP contribution is -2.44. The van der Waals surface area contributed by atoms with Gasteiger partial charge in [-0.15, -0.1) is 11.3 Å². The summed E-state index contributed by atoms with van der Waals surface area (Å²) in [7, 11) is 0. The van der Waals surface area contributed by atoms with Crippen LogP contribution in [-0.4, -0.2) is 71.3 Å². The van der Waals surface area contributed by atoms with E-state index in [2.05, 4.69) is 16.7 Å². The van der Waals surface area contributed by atoms with Crippen LogP contribution in [0.1, 0.15) is 59.1 Å². The second-order valence-corrected chi connectivity index (χ2v) is 10.3. The number of benzene rings is 1. The van der Waals surface area contributed by atoms with Crippen molar-refractivity contribution >= 4 is 23.2 Å². The number of likely N-dealkylation sites (tertiary alicyclic amines) is 3. The summed E-state index contributed by atoms with van der Waals surface area (Å²) in [5.74, 6) is 0.294. The van der Waals surface area contributed by atoms with Gasteiger partial charge in [-0.3, -0.25) is 14.5 Å². The first kappa shape index (κ1) is 20.7. The summed E-state index contributed by atoms with van der Waals surface area (Å²) >= 11 is 1.54. The van der Waals surface area contributed by atoms with Crippen molar-refractivity contribution in [2.45, 2.75) is 51.1 Å². The van der Waals surface area contributed by atoms with E-state index in [9.17, 15) is 9.59 Å². The summed E-state index contributed by atoms with van der Waals surface area (Å²) in [4.78, 5) is 34.1. The topological polar surface area (TPSA) is 43.9 Å². The van der Waals surface area contributed by atoms with Crippen molar-refractivity contribution in [2.75, 3.05) is 32.7 Å². The van der Waals surface area contributed by atoms with E-state index < -0.39 is 0 Å². The lowest BCUT2D eigenvalue weighted by molar-refractivity contribution is 0.0655. The van der Waals surface area contributed by atoms with Gasteiger partial charge in [-0.2, -0.15) is 0 Å². The van der Waals surface area contributed by atoms with Gasteiger partial charge in [-0.05, 0) is 75.4 Å². The molecular weight excluding hydrogens is 406 g/mol. The molecule has 2 aromatic rings. The quantitative estimate of drug-likeness (QED) is 0.699. The molecule has 0 unspecified atom stereocenters. The molecule has 4 heterocycles. The Hall–Kier alpha value is -2.18. The fraction of sp³-hybridized carbons (Fsp3) is 0.520. The maximum Gasteiger partial charge on any atom is 0.263 e. The summed E-state index contributed by atoms with van der Waals surface area (Å²) in [6.07, 6.45) is 5.86. The molecule has 0 N–H and O–H groups in total. The van der Waals surface area contributed by atoms with Crippen LogP contribution >= 0.6 is 11.3 Å². The number of rotatable bonds is 5. The highest BCUT2D eigenvalue weighted by Crippen LogP contribution is 2.31. The third-order valence-corrected chi connectivity index (χ3v) is 8.27. The van der Waals surface area contributed by atoms with E-state index >= 15 is 0 Å². The Morgan fingerprint density at radius 1 is 0.903 bits per heavy atom. The predicted octanol–water partition coefficient (Wildman–Crippen LogP) is 4.35. The van der Waals surface area contributed by atoms with Crippen LogP contribution in [0.25, 0.3) is 10.4 Å². The molecule has 3 aliphatic rings. The van der Waals surface area contributed by atoms with Crippen molar-refractivity contribution in [3.05, 3.63) is 46.8 Å². The van der Waals surface area contributed by atoms with Crippen molar-refractivity contribution in [3.8, 4) is 10.4 Å². The monoisotopic (exact) mass is 437 g/mol. The molecule has 0 bridgehead atoms. The zero-order chi connectivity index (χ0) is 21.4. The Kier molecular flexibility index (Phi) is 5.85. The van der Waals surface area contributed by atoms with E-state index in [-0.39, 0.29) is 11.8 Å². The zero-order valence-electron chi connectivity index (χ0n) is 18.3. The van der Waals surface area contributed by atoms with Gasteiger partial charge in [0.05, 0.1) is 4.88 Å². The highest BCUT2D eigenvalue weighted by Gasteiger charge is 2.33. The Bertz CT molecular complexity index is 950. The summed E-state index contributed by atoms with van der Waals surface area (Å²) in [5.41, 5.74) is 1.83. The maximum absolute atomic E-state index is 13.2. The van der Waals surface area contributed by atoms with Gasteiger partial charge in [0.1, 0.15) is 0 Å². The van der Waals surface area contributed by atoms with Crippen LogP contribution in [0.3, 0.4) is 0 Å². The average molecular weight is 438 g/mol. The lowest BCUT2D eigenvalue weighted by atomic mass is 10.1. The van der Waals surface area contributed by atoms with E-state index in [0.717, 1.165) is 72.9 Å². The van der Waals surface area contributed by atoms with Gasteiger partial charge in [0.25, 0.3) is 11.8 Å². The lowest BCUT2D eigenvalue weighted by Gasteiger charge is -2.30. The number of thiophene rings is 1. The standard InChI is InChI=1S/C25H31N3O2S/c1-18-5-2-13-27(18)17-21-6-3-16-28(21)24(29)20-9-7-19(8-10-20)22-11-12-23(31-22)25(30)26-14-4-15-26/h7-12,18,21H,2-6,13-17H2,1H3/t18-,21+/m1/s1. The number of carbonyl (C=O) groups is 2. The normalized spacial score (nSPS) is 23.9. The van der Waals surface area contributed by atoms with E-state index in [1.54, 1.807) is 0 Å². The van der Waals surface area contributed by atoms with Gasteiger partial charge in [0.15, 0.2) is 0 Å². The summed E-state index contributed by atoms with van der Waals surface area (Å²) < 4.78 is 0. The fourth-order valence-electron chi connectivity index (χ4n) is 5.05. The number of carbonyl (C=O) groups excluding carboxylic acids is 2. The van der Waals surface area contributed by atoms with Gasteiger partial charge in [0, 0.05) is 48.7 Å². The molecule has 5 rings (SSSR count). The van der Waals surface area contributed by atoms with Crippen LogP contribution in [0.5, 0.6) is 0 Å². The predicted molar refractivity (Wildman–Crippen MR) is 125 cm³/mol. The molecule has 164 valence electrons. The molecule has 1 aromatic heterocycles. The molecule has 31 heavy (non-hydrogen) atoms. The molecule has 3 saturated heterocycles. The second kappa shape index (κ2) is 8.75. The van der Waals surface area contributed by atoms with E-state index in [0.29, 0.717) is 12.1 Å². The van der Waals surface area contributed by atoms with Gasteiger partial charge in [-0.1, -0.05) is 12.1 Å². The van der Waals surface area contributed by atoms with Crippen molar-refractivity contribution in [3.63, 3.8) is 0 Å². The number of nitrogens with zero attached hydrogens (tertiary/aromatic N) is 3. The Morgan fingerprint density at radius 3 is 2.35 bits per heavy atom. The molecule has 6 heteroatoms. The summed E-state index contributed by atoms with van der Waals surface area (Å²) in [6, 6.07) is 12.8. The fourth-order valence-corrected chi connectivity index (χ4v) is 6.03. The zero-order valence-corrected chi connectivity index (χ0v) is 19.1. The molecule has 5 nitrogen and oxygen atoms in total. The minimum absolute atomic E-state index is 0.140. The number of hydrogen-bond donors (Lipinski definition) is 0. The van der Waals surface area contributed by atoms with Crippen molar-refractivity contribution in [1.82, 2.24) is 14.7 Å². The van der Waals surface area contributed by atoms with Gasteiger partial charge < -0.3 is 9.80 Å². The van der Waals surface area contributed by atoms with Crippen molar-refractivity contribution < 1.29 is 9.59 Å². The molecule has 0 aliphatic carbocycles. The van der Waals surface area contributed by atoms with Crippen LogP contribution in [0.15, 0.2) is 36.4 Å². The summed E-state index contributed by atoms with van der Waals surface area (Å²) in [6.45, 7) is 7.08. The van der Waals surface area contributed by atoms with Crippen LogP contribution < -0.4 is 0 Å². The second-order valence-electron chi connectivity index (χ2n) is 9.17. The molecular formula is C25H31N3O2S. The Labute approximate surface area is 188 Å². The SMILES string of the molecule is C[C@@H]1CCCN1C[C@@H]1CCCN1C(=O)c1ccc(-c2ccc(C(=O)N3CCC3)s2)cc1. The molecule has 1 aromatic carbocycles. The van der Waals surface area contributed by atoms with Crippen LogP contribution in [0.2, 0.25) is 0 Å². The van der Waals surface area contributed by atoms with Gasteiger partial charge in [0.2, 0.25) is 0 Å². The van der Waals surface area contributed by atoms with Gasteiger partial charge in [-0.25, -0.2) is 0 Å². The molecule has 3 fully saturated rings. The Morgan fingerprint density at radius 2 is 1.68 bits per heavy atom. The molecule has 2 atom stereocenters. The van der Waals surface area contributed by atoms with Crippen LogP contribution in [0, 0.1) is 0 Å². The van der Waals surface area contributed by atoms with E-state index in [1.807, 2.05) is 41.3 Å². The number of amides is 2. The third-order valence-electron chi connectivity index (χ3n) is 7.15. The summed E-state index contributed by atoms with van der Waals surface area (Å²) in [5, 5.41) is 0. The van der Waals surface area contributed by atoms with Crippen LogP contribution in [-0.2, 0) is 0 Å². The third kappa shape index (κ3) is 4.15. The molecule has 3 aliphatic heterocycles. The van der Waals surface area contributed by atoms with Crippen LogP contribution in [0.4, 0.5) is 0 Å².